The van der Waals surface area contributed by atoms with E-state index in [0.717, 1.165) is 37.3 Å². The van der Waals surface area contributed by atoms with Gasteiger partial charge in [0.15, 0.2) is 0 Å². The Labute approximate surface area is 165 Å². The normalized spacial score (nSPS) is 11.8. The SMILES string of the molecule is CC/C=N\C(=NC)Oc1ccc(CCNc2nc(C)nc(CC)c2Cl)cc1. The Morgan fingerprint density at radius 2 is 1.96 bits per heavy atom. The summed E-state index contributed by atoms with van der Waals surface area (Å²) in [5, 5.41) is 3.91. The molecular formula is C20H26ClN5O. The second-order valence-corrected chi connectivity index (χ2v) is 6.26. The molecule has 6 nitrogen and oxygen atoms in total. The summed E-state index contributed by atoms with van der Waals surface area (Å²) in [6.45, 7) is 6.64. The van der Waals surface area contributed by atoms with Crippen LogP contribution in [0.3, 0.4) is 0 Å². The van der Waals surface area contributed by atoms with Crippen LogP contribution in [0.5, 0.6) is 5.75 Å². The molecule has 0 unspecified atom stereocenters. The number of nitrogens with one attached hydrogen (secondary N) is 1. The molecular weight excluding hydrogens is 362 g/mol. The molecule has 1 aromatic heterocycles. The van der Waals surface area contributed by atoms with Crippen LogP contribution < -0.4 is 10.1 Å². The summed E-state index contributed by atoms with van der Waals surface area (Å²) < 4.78 is 5.65. The number of amidine groups is 1. The van der Waals surface area contributed by atoms with Crippen molar-refractivity contribution in [3.63, 3.8) is 0 Å². The summed E-state index contributed by atoms with van der Waals surface area (Å²) in [6, 6.07) is 8.24. The van der Waals surface area contributed by atoms with E-state index in [9.17, 15) is 0 Å². The second kappa shape index (κ2) is 10.6. The first-order valence-corrected chi connectivity index (χ1v) is 9.48. The van der Waals surface area contributed by atoms with Crippen molar-refractivity contribution in [3.8, 4) is 5.75 Å². The predicted molar refractivity (Wildman–Crippen MR) is 113 cm³/mol. The van der Waals surface area contributed by atoms with Gasteiger partial charge in [-0.25, -0.2) is 20.0 Å². The molecule has 0 bridgehead atoms. The molecule has 0 spiro atoms. The highest BCUT2D eigenvalue weighted by Gasteiger charge is 2.09. The van der Waals surface area contributed by atoms with Crippen LogP contribution >= 0.6 is 11.6 Å². The molecule has 2 rings (SSSR count). The van der Waals surface area contributed by atoms with Gasteiger partial charge >= 0.3 is 6.02 Å². The average molecular weight is 388 g/mol. The lowest BCUT2D eigenvalue weighted by molar-refractivity contribution is 0.541. The monoisotopic (exact) mass is 387 g/mol. The third-order valence-electron chi connectivity index (χ3n) is 3.78. The molecule has 27 heavy (non-hydrogen) atoms. The van der Waals surface area contributed by atoms with Crippen molar-refractivity contribution < 1.29 is 4.74 Å². The molecule has 1 N–H and O–H groups in total. The Morgan fingerprint density at radius 3 is 2.59 bits per heavy atom. The third-order valence-corrected chi connectivity index (χ3v) is 4.18. The van der Waals surface area contributed by atoms with E-state index in [1.54, 1.807) is 13.3 Å². The van der Waals surface area contributed by atoms with Crippen LogP contribution in [0.4, 0.5) is 5.82 Å². The highest BCUT2D eigenvalue weighted by Crippen LogP contribution is 2.23. The fourth-order valence-electron chi connectivity index (χ4n) is 2.42. The van der Waals surface area contributed by atoms with E-state index < -0.39 is 0 Å². The molecule has 1 heterocycles. The molecule has 0 aliphatic heterocycles. The van der Waals surface area contributed by atoms with Crippen LogP contribution in [0.25, 0.3) is 0 Å². The number of rotatable bonds is 7. The van der Waals surface area contributed by atoms with Crippen LogP contribution in [-0.2, 0) is 12.8 Å². The molecule has 0 radical (unpaired) electrons. The number of aliphatic imine (C=N–C) groups is 2. The molecule has 0 aliphatic carbocycles. The molecule has 0 saturated heterocycles. The van der Waals surface area contributed by atoms with Gasteiger partial charge in [-0.05, 0) is 43.9 Å². The number of aromatic nitrogens is 2. The minimum Gasteiger partial charge on any atom is -0.425 e. The average Bonchev–Trinajstić information content (AvgIpc) is 2.68. The lowest BCUT2D eigenvalue weighted by atomic mass is 10.1. The number of anilines is 1. The first-order valence-electron chi connectivity index (χ1n) is 9.10. The van der Waals surface area contributed by atoms with Gasteiger partial charge < -0.3 is 10.1 Å². The standard InChI is InChI=1S/C20H26ClN5O/c1-5-12-24-20(22-4)27-16-9-7-15(8-10-16)11-13-23-19-18(21)17(6-2)25-14(3)26-19/h7-10,12H,5-6,11,13H2,1-4H3,(H,23,25,26)/b22-20?,24-12-. The van der Waals surface area contributed by atoms with Crippen LogP contribution in [0.1, 0.15) is 37.4 Å². The first kappa shape index (κ1) is 20.8. The van der Waals surface area contributed by atoms with Gasteiger partial charge in [0.1, 0.15) is 22.4 Å². The molecule has 1 aromatic carbocycles. The highest BCUT2D eigenvalue weighted by molar-refractivity contribution is 6.33. The van der Waals surface area contributed by atoms with Gasteiger partial charge in [0.2, 0.25) is 0 Å². The van der Waals surface area contributed by atoms with E-state index in [2.05, 4.69) is 25.3 Å². The molecule has 2 aromatic rings. The van der Waals surface area contributed by atoms with E-state index in [1.807, 2.05) is 45.0 Å². The fraction of sp³-hybridized carbons (Fsp3) is 0.400. The third kappa shape index (κ3) is 6.32. The Morgan fingerprint density at radius 1 is 1.22 bits per heavy atom. The van der Waals surface area contributed by atoms with Crippen molar-refractivity contribution >= 4 is 29.7 Å². The molecule has 0 amide bonds. The maximum atomic E-state index is 6.36. The number of aryl methyl sites for hydroxylation is 2. The van der Waals surface area contributed by atoms with Gasteiger partial charge in [0.05, 0.1) is 5.69 Å². The zero-order chi connectivity index (χ0) is 19.6. The predicted octanol–water partition coefficient (Wildman–Crippen LogP) is 4.50. The van der Waals surface area contributed by atoms with Crippen molar-refractivity contribution in [2.24, 2.45) is 9.98 Å². The summed E-state index contributed by atoms with van der Waals surface area (Å²) in [4.78, 5) is 16.9. The smallest absolute Gasteiger partial charge is 0.316 e. The molecule has 0 saturated carbocycles. The lowest BCUT2D eigenvalue weighted by Gasteiger charge is -2.11. The van der Waals surface area contributed by atoms with E-state index in [4.69, 9.17) is 16.3 Å². The number of benzene rings is 1. The van der Waals surface area contributed by atoms with Crippen molar-refractivity contribution in [2.45, 2.75) is 40.0 Å². The number of hydrogen-bond donors (Lipinski definition) is 1. The summed E-state index contributed by atoms with van der Waals surface area (Å²) in [6.07, 6.45) is 4.23. The van der Waals surface area contributed by atoms with Crippen LogP contribution in [0, 0.1) is 6.92 Å². The van der Waals surface area contributed by atoms with Crippen LogP contribution in [-0.4, -0.2) is 35.8 Å². The molecule has 144 valence electrons. The maximum Gasteiger partial charge on any atom is 0.316 e. The van der Waals surface area contributed by atoms with Crippen LogP contribution in [0.15, 0.2) is 34.3 Å². The van der Waals surface area contributed by atoms with E-state index in [1.165, 1.54) is 5.56 Å². The topological polar surface area (TPSA) is 71.8 Å². The maximum absolute atomic E-state index is 6.36. The quantitative estimate of drug-likeness (QED) is 0.560. The Hall–Kier alpha value is -2.47. The molecule has 7 heteroatoms. The van der Waals surface area contributed by atoms with E-state index >= 15 is 0 Å². The largest absolute Gasteiger partial charge is 0.425 e. The minimum absolute atomic E-state index is 0.353. The Bertz CT molecular complexity index is 803. The highest BCUT2D eigenvalue weighted by atomic mass is 35.5. The van der Waals surface area contributed by atoms with Gasteiger partial charge in [-0.15, -0.1) is 0 Å². The number of halogens is 1. The fourth-order valence-corrected chi connectivity index (χ4v) is 2.71. The van der Waals surface area contributed by atoms with E-state index in [0.29, 0.717) is 22.6 Å². The Kier molecular flexibility index (Phi) is 8.20. The van der Waals surface area contributed by atoms with Crippen molar-refractivity contribution in [2.75, 3.05) is 18.9 Å². The zero-order valence-corrected chi connectivity index (χ0v) is 17.0. The zero-order valence-electron chi connectivity index (χ0n) is 16.3. The number of nitrogens with zero attached hydrogens (tertiary/aromatic N) is 4. The summed E-state index contributed by atoms with van der Waals surface area (Å²) >= 11 is 6.36. The van der Waals surface area contributed by atoms with E-state index in [-0.39, 0.29) is 0 Å². The second-order valence-electron chi connectivity index (χ2n) is 5.88. The van der Waals surface area contributed by atoms with Crippen LogP contribution in [0.2, 0.25) is 5.02 Å². The van der Waals surface area contributed by atoms with Gasteiger partial charge in [-0.1, -0.05) is 37.6 Å². The van der Waals surface area contributed by atoms with Gasteiger partial charge in [-0.3, -0.25) is 0 Å². The number of hydrogen-bond acceptors (Lipinski definition) is 5. The van der Waals surface area contributed by atoms with Gasteiger partial charge in [-0.2, -0.15) is 0 Å². The van der Waals surface area contributed by atoms with Crippen molar-refractivity contribution in [3.05, 3.63) is 46.4 Å². The molecule has 0 fully saturated rings. The molecule has 0 atom stereocenters. The summed E-state index contributed by atoms with van der Waals surface area (Å²) in [5.41, 5.74) is 2.05. The first-order chi connectivity index (χ1) is 13.1. The summed E-state index contributed by atoms with van der Waals surface area (Å²) in [7, 11) is 1.66. The lowest BCUT2D eigenvalue weighted by Crippen LogP contribution is -2.10. The number of ether oxygens (including phenoxy) is 1. The Balaban J connectivity index is 1.92. The summed E-state index contributed by atoms with van der Waals surface area (Å²) in [5.74, 6) is 2.13. The van der Waals surface area contributed by atoms with Crippen molar-refractivity contribution in [1.82, 2.24) is 9.97 Å². The molecule has 0 aliphatic rings. The van der Waals surface area contributed by atoms with Gasteiger partial charge in [0.25, 0.3) is 0 Å². The van der Waals surface area contributed by atoms with Gasteiger partial charge in [0, 0.05) is 19.8 Å². The van der Waals surface area contributed by atoms with Crippen molar-refractivity contribution in [1.29, 1.82) is 0 Å². The minimum atomic E-state index is 0.353.